The summed E-state index contributed by atoms with van der Waals surface area (Å²) in [6.45, 7) is 4.78. The Morgan fingerprint density at radius 2 is 2.00 bits per heavy atom. The largest absolute Gasteiger partial charge is 0.399 e. The van der Waals surface area contributed by atoms with E-state index in [9.17, 15) is 4.79 Å². The van der Waals surface area contributed by atoms with Crippen molar-refractivity contribution in [2.75, 3.05) is 17.6 Å². The third-order valence-corrected chi connectivity index (χ3v) is 4.02. The Morgan fingerprint density at radius 3 is 2.65 bits per heavy atom. The Hall–Kier alpha value is -1.71. The summed E-state index contributed by atoms with van der Waals surface area (Å²) in [6, 6.07) is 5.44. The van der Waals surface area contributed by atoms with Crippen molar-refractivity contribution in [2.45, 2.75) is 51.5 Å². The van der Waals surface area contributed by atoms with Crippen molar-refractivity contribution in [1.29, 1.82) is 0 Å². The van der Waals surface area contributed by atoms with E-state index in [2.05, 4.69) is 17.6 Å². The molecule has 110 valence electrons. The molecule has 0 atom stereocenters. The van der Waals surface area contributed by atoms with Gasteiger partial charge in [-0.1, -0.05) is 19.3 Å². The lowest BCUT2D eigenvalue weighted by Gasteiger charge is -2.36. The van der Waals surface area contributed by atoms with Gasteiger partial charge in [-0.05, 0) is 44.9 Å². The molecule has 0 heterocycles. The van der Waals surface area contributed by atoms with Gasteiger partial charge in [0.2, 0.25) is 0 Å². The van der Waals surface area contributed by atoms with Crippen LogP contribution in [0.4, 0.5) is 11.4 Å². The molecule has 1 aromatic carbocycles. The Labute approximate surface area is 121 Å². The third-order valence-electron chi connectivity index (χ3n) is 4.02. The van der Waals surface area contributed by atoms with Gasteiger partial charge in [0.25, 0.3) is 5.91 Å². The smallest absolute Gasteiger partial charge is 0.253 e. The van der Waals surface area contributed by atoms with Crippen LogP contribution in [0.2, 0.25) is 0 Å². The molecule has 0 saturated heterocycles. The molecule has 4 nitrogen and oxygen atoms in total. The van der Waals surface area contributed by atoms with Gasteiger partial charge in [-0.3, -0.25) is 4.79 Å². The monoisotopic (exact) mass is 275 g/mol. The van der Waals surface area contributed by atoms with Crippen molar-refractivity contribution in [2.24, 2.45) is 0 Å². The number of benzene rings is 1. The Kier molecular flexibility index (Phi) is 4.53. The molecule has 1 aliphatic carbocycles. The highest BCUT2D eigenvalue weighted by Crippen LogP contribution is 2.33. The summed E-state index contributed by atoms with van der Waals surface area (Å²) in [4.78, 5) is 12.1. The van der Waals surface area contributed by atoms with Crippen molar-refractivity contribution in [3.63, 3.8) is 0 Å². The number of nitrogen functional groups attached to an aromatic ring is 1. The Balaban J connectivity index is 2.24. The van der Waals surface area contributed by atoms with Crippen molar-refractivity contribution in [1.82, 2.24) is 5.32 Å². The molecule has 0 aromatic heterocycles. The minimum atomic E-state index is -0.0468. The number of nitrogens with two attached hydrogens (primary N) is 1. The van der Waals surface area contributed by atoms with Crippen LogP contribution < -0.4 is 16.4 Å². The molecule has 0 aliphatic heterocycles. The standard InChI is InChI=1S/C16H25N3O/c1-3-18-15(20)13-8-7-12(17)11-14(13)19-16(2)9-5-4-6-10-16/h7-8,11,19H,3-6,9-10,17H2,1-2H3,(H,18,20). The fourth-order valence-electron chi connectivity index (χ4n) is 2.90. The second-order valence-electron chi connectivity index (χ2n) is 5.91. The topological polar surface area (TPSA) is 67.2 Å². The average Bonchev–Trinajstić information content (AvgIpc) is 2.39. The normalized spacial score (nSPS) is 17.5. The maximum Gasteiger partial charge on any atom is 0.253 e. The molecule has 4 N–H and O–H groups in total. The Bertz CT molecular complexity index is 479. The fraction of sp³-hybridized carbons (Fsp3) is 0.562. The molecule has 0 spiro atoms. The molecule has 1 aromatic rings. The van der Waals surface area contributed by atoms with Crippen LogP contribution >= 0.6 is 0 Å². The number of hydrogen-bond donors (Lipinski definition) is 3. The van der Waals surface area contributed by atoms with Gasteiger partial charge in [0.15, 0.2) is 0 Å². The van der Waals surface area contributed by atoms with E-state index in [1.807, 2.05) is 13.0 Å². The first-order chi connectivity index (χ1) is 9.54. The zero-order chi connectivity index (χ0) is 14.6. The SMILES string of the molecule is CCNC(=O)c1ccc(N)cc1NC1(C)CCCCC1. The third kappa shape index (κ3) is 3.44. The molecule has 0 radical (unpaired) electrons. The van der Waals surface area contributed by atoms with Crippen LogP contribution in [0, 0.1) is 0 Å². The van der Waals surface area contributed by atoms with Crippen LogP contribution in [0.25, 0.3) is 0 Å². The quantitative estimate of drug-likeness (QED) is 0.739. The zero-order valence-corrected chi connectivity index (χ0v) is 12.5. The molecule has 1 fully saturated rings. The number of amides is 1. The first-order valence-corrected chi connectivity index (χ1v) is 7.50. The number of anilines is 2. The van der Waals surface area contributed by atoms with E-state index in [1.165, 1.54) is 19.3 Å². The molecule has 0 bridgehead atoms. The summed E-state index contributed by atoms with van der Waals surface area (Å²) in [5, 5.41) is 6.42. The maximum atomic E-state index is 12.1. The summed E-state index contributed by atoms with van der Waals surface area (Å²) in [5.41, 5.74) is 8.14. The van der Waals surface area contributed by atoms with Gasteiger partial charge in [0.1, 0.15) is 0 Å². The second-order valence-corrected chi connectivity index (χ2v) is 5.91. The van der Waals surface area contributed by atoms with E-state index in [4.69, 9.17) is 5.73 Å². The van der Waals surface area contributed by atoms with Crippen LogP contribution in [0.15, 0.2) is 18.2 Å². The summed E-state index contributed by atoms with van der Waals surface area (Å²) < 4.78 is 0. The predicted octanol–water partition coefficient (Wildman–Crippen LogP) is 3.15. The van der Waals surface area contributed by atoms with Crippen molar-refractivity contribution in [3.05, 3.63) is 23.8 Å². The number of nitrogens with one attached hydrogen (secondary N) is 2. The van der Waals surface area contributed by atoms with Crippen molar-refractivity contribution >= 4 is 17.3 Å². The zero-order valence-electron chi connectivity index (χ0n) is 12.5. The molecule has 1 saturated carbocycles. The number of carbonyl (C=O) groups excluding carboxylic acids is 1. The van der Waals surface area contributed by atoms with Crippen LogP contribution in [0.3, 0.4) is 0 Å². The lowest BCUT2D eigenvalue weighted by molar-refractivity contribution is 0.0956. The summed E-state index contributed by atoms with van der Waals surface area (Å²) in [5.74, 6) is -0.0468. The summed E-state index contributed by atoms with van der Waals surface area (Å²) >= 11 is 0. The summed E-state index contributed by atoms with van der Waals surface area (Å²) in [7, 11) is 0. The molecule has 0 unspecified atom stereocenters. The van der Waals surface area contributed by atoms with Crippen LogP contribution in [-0.4, -0.2) is 18.0 Å². The second kappa shape index (κ2) is 6.16. The minimum absolute atomic E-state index is 0.0468. The van der Waals surface area contributed by atoms with E-state index >= 15 is 0 Å². The number of hydrogen-bond acceptors (Lipinski definition) is 3. The van der Waals surface area contributed by atoms with Crippen LogP contribution in [-0.2, 0) is 0 Å². The number of rotatable bonds is 4. The van der Waals surface area contributed by atoms with Crippen LogP contribution in [0.5, 0.6) is 0 Å². The molecule has 1 aliphatic rings. The molecule has 20 heavy (non-hydrogen) atoms. The van der Waals surface area contributed by atoms with E-state index in [0.29, 0.717) is 17.8 Å². The number of carbonyl (C=O) groups is 1. The minimum Gasteiger partial charge on any atom is -0.399 e. The van der Waals surface area contributed by atoms with Gasteiger partial charge in [-0.2, -0.15) is 0 Å². The predicted molar refractivity (Wildman–Crippen MR) is 84.0 cm³/mol. The highest BCUT2D eigenvalue weighted by atomic mass is 16.1. The molecular weight excluding hydrogens is 250 g/mol. The first kappa shape index (κ1) is 14.7. The molecular formula is C16H25N3O. The molecule has 1 amide bonds. The molecule has 2 rings (SSSR count). The van der Waals surface area contributed by atoms with Crippen molar-refractivity contribution < 1.29 is 4.79 Å². The average molecular weight is 275 g/mol. The van der Waals surface area contributed by atoms with E-state index in [1.54, 1.807) is 12.1 Å². The van der Waals surface area contributed by atoms with Gasteiger partial charge < -0.3 is 16.4 Å². The molecule has 4 heteroatoms. The van der Waals surface area contributed by atoms with Gasteiger partial charge in [0, 0.05) is 23.5 Å². The maximum absolute atomic E-state index is 12.1. The van der Waals surface area contributed by atoms with E-state index in [-0.39, 0.29) is 11.4 Å². The summed E-state index contributed by atoms with van der Waals surface area (Å²) in [6.07, 6.45) is 6.05. The lowest BCUT2D eigenvalue weighted by Crippen LogP contribution is -2.37. The van der Waals surface area contributed by atoms with Crippen molar-refractivity contribution in [3.8, 4) is 0 Å². The van der Waals surface area contributed by atoms with Gasteiger partial charge in [-0.25, -0.2) is 0 Å². The fourth-order valence-corrected chi connectivity index (χ4v) is 2.90. The first-order valence-electron chi connectivity index (χ1n) is 7.50. The highest BCUT2D eigenvalue weighted by Gasteiger charge is 2.27. The van der Waals surface area contributed by atoms with Gasteiger partial charge in [-0.15, -0.1) is 0 Å². The highest BCUT2D eigenvalue weighted by molar-refractivity contribution is 6.00. The Morgan fingerprint density at radius 1 is 1.30 bits per heavy atom. The van der Waals surface area contributed by atoms with Crippen LogP contribution in [0.1, 0.15) is 56.3 Å². The van der Waals surface area contributed by atoms with Gasteiger partial charge >= 0.3 is 0 Å². The van der Waals surface area contributed by atoms with E-state index in [0.717, 1.165) is 18.5 Å². The van der Waals surface area contributed by atoms with E-state index < -0.39 is 0 Å². The van der Waals surface area contributed by atoms with Gasteiger partial charge in [0.05, 0.1) is 5.56 Å². The lowest BCUT2D eigenvalue weighted by atomic mass is 9.83.